The second-order valence-corrected chi connectivity index (χ2v) is 10.3. The number of rotatable bonds is 6. The third-order valence-corrected chi connectivity index (χ3v) is 7.87. The van der Waals surface area contributed by atoms with Crippen LogP contribution in [0.1, 0.15) is 60.0 Å². The molecule has 3 rings (SSSR count). The molecule has 0 fully saturated rings. The molecule has 30 heavy (non-hydrogen) atoms. The average molecular weight is 465 g/mol. The molecule has 7 heteroatoms. The second kappa shape index (κ2) is 9.13. The number of anilines is 1. The molecule has 160 valence electrons. The molecule has 1 aliphatic carbocycles. The van der Waals surface area contributed by atoms with Gasteiger partial charge in [-0.3, -0.25) is 9.59 Å². The minimum absolute atomic E-state index is 0.235. The van der Waals surface area contributed by atoms with Gasteiger partial charge in [0.15, 0.2) is 0 Å². The van der Waals surface area contributed by atoms with Gasteiger partial charge in [-0.2, -0.15) is 0 Å². The Balaban J connectivity index is 1.82. The van der Waals surface area contributed by atoms with E-state index in [1.54, 1.807) is 24.3 Å². The molecule has 1 aliphatic rings. The quantitative estimate of drug-likeness (QED) is 0.488. The highest BCUT2D eigenvalue weighted by Gasteiger charge is 2.34. The minimum Gasteiger partial charge on any atom is -0.365 e. The van der Waals surface area contributed by atoms with Crippen molar-refractivity contribution in [3.8, 4) is 0 Å². The Labute approximate surface area is 191 Å². The molecule has 0 saturated heterocycles. The lowest BCUT2D eigenvalue weighted by atomic mass is 9.69. The monoisotopic (exact) mass is 464 g/mol. The van der Waals surface area contributed by atoms with E-state index in [0.717, 1.165) is 36.1 Å². The maximum Gasteiger partial charge on any atom is 0.251 e. The van der Waals surface area contributed by atoms with E-state index in [1.807, 2.05) is 0 Å². The van der Waals surface area contributed by atoms with E-state index in [2.05, 4.69) is 26.1 Å². The maximum absolute atomic E-state index is 12.5. The van der Waals surface area contributed by atoms with E-state index in [1.165, 1.54) is 17.4 Å². The third kappa shape index (κ3) is 4.90. The summed E-state index contributed by atoms with van der Waals surface area (Å²) < 4.78 is 0. The van der Waals surface area contributed by atoms with Crippen molar-refractivity contribution >= 4 is 57.4 Å². The van der Waals surface area contributed by atoms with Gasteiger partial charge in [0.2, 0.25) is 5.91 Å². The van der Waals surface area contributed by atoms with Crippen LogP contribution >= 0.6 is 34.5 Å². The Bertz CT molecular complexity index is 1010. The van der Waals surface area contributed by atoms with Crippen molar-refractivity contribution in [1.82, 2.24) is 0 Å². The van der Waals surface area contributed by atoms with Crippen LogP contribution in [0.25, 0.3) is 6.08 Å². The maximum atomic E-state index is 12.5. The molecule has 3 N–H and O–H groups in total. The number of thiophene rings is 1. The fourth-order valence-electron chi connectivity index (χ4n) is 3.85. The number of primary amides is 1. The minimum atomic E-state index is -0.499. The Morgan fingerprint density at radius 3 is 2.70 bits per heavy atom. The highest BCUT2D eigenvalue weighted by Crippen LogP contribution is 2.45. The largest absolute Gasteiger partial charge is 0.365 e. The number of nitrogens with two attached hydrogens (primary N) is 1. The average Bonchev–Trinajstić information content (AvgIpc) is 3.04. The Morgan fingerprint density at radius 1 is 1.33 bits per heavy atom. The summed E-state index contributed by atoms with van der Waals surface area (Å²) >= 11 is 13.5. The van der Waals surface area contributed by atoms with Crippen LogP contribution in [-0.2, 0) is 17.6 Å². The highest BCUT2D eigenvalue weighted by atomic mass is 35.5. The molecule has 1 aromatic heterocycles. The number of hydrogen-bond donors (Lipinski definition) is 2. The summed E-state index contributed by atoms with van der Waals surface area (Å²) in [5.74, 6) is -0.293. The van der Waals surface area contributed by atoms with Crippen molar-refractivity contribution in [2.24, 2.45) is 17.1 Å². The van der Waals surface area contributed by atoms with Crippen molar-refractivity contribution in [3.05, 3.63) is 55.9 Å². The Kier molecular flexibility index (Phi) is 6.95. The summed E-state index contributed by atoms with van der Waals surface area (Å²) in [6, 6.07) is 5.06. The van der Waals surface area contributed by atoms with E-state index in [9.17, 15) is 9.59 Å². The van der Waals surface area contributed by atoms with Crippen molar-refractivity contribution < 1.29 is 9.59 Å². The number of amides is 2. The van der Waals surface area contributed by atoms with Gasteiger partial charge in [-0.25, -0.2) is 0 Å². The van der Waals surface area contributed by atoms with Gasteiger partial charge in [0, 0.05) is 21.0 Å². The van der Waals surface area contributed by atoms with Crippen molar-refractivity contribution in [2.75, 3.05) is 5.32 Å². The van der Waals surface area contributed by atoms with Crippen LogP contribution in [0.3, 0.4) is 0 Å². The zero-order valence-electron chi connectivity index (χ0n) is 17.4. The molecule has 0 radical (unpaired) electrons. The normalized spacial score (nSPS) is 16.5. The van der Waals surface area contributed by atoms with Crippen LogP contribution in [0.15, 0.2) is 24.3 Å². The summed E-state index contributed by atoms with van der Waals surface area (Å²) in [6.45, 7) is 6.80. The predicted octanol–water partition coefficient (Wildman–Crippen LogP) is 6.35. The molecule has 1 heterocycles. The first kappa shape index (κ1) is 22.9. The Morgan fingerprint density at radius 2 is 2.07 bits per heavy atom. The standard InChI is InChI=1S/C23H26Cl2N2O2S/c1-4-23(2,3)14-7-9-16-18(11-14)30-22(20(16)21(26)29)27-19(28)10-6-13-5-8-15(24)12-17(13)25/h5-6,8,10,12,14H,4,7,9,11H2,1-3H3,(H2,26,29)(H,27,28). The number of halogens is 2. The van der Waals surface area contributed by atoms with Gasteiger partial charge < -0.3 is 11.1 Å². The van der Waals surface area contributed by atoms with E-state index in [4.69, 9.17) is 28.9 Å². The number of benzene rings is 1. The predicted molar refractivity (Wildman–Crippen MR) is 127 cm³/mol. The summed E-state index contributed by atoms with van der Waals surface area (Å²) in [7, 11) is 0. The van der Waals surface area contributed by atoms with Crippen molar-refractivity contribution in [1.29, 1.82) is 0 Å². The first-order chi connectivity index (χ1) is 14.1. The first-order valence-electron chi connectivity index (χ1n) is 10.0. The molecule has 0 saturated carbocycles. The first-order valence-corrected chi connectivity index (χ1v) is 11.6. The number of nitrogens with one attached hydrogen (secondary N) is 1. The fourth-order valence-corrected chi connectivity index (χ4v) is 5.65. The van der Waals surface area contributed by atoms with Gasteiger partial charge in [0.1, 0.15) is 5.00 Å². The zero-order valence-corrected chi connectivity index (χ0v) is 19.7. The van der Waals surface area contributed by atoms with Crippen molar-refractivity contribution in [2.45, 2.75) is 46.5 Å². The molecule has 1 unspecified atom stereocenters. The SMILES string of the molecule is CCC(C)(C)C1CCc2c(sc(NC(=O)C=Cc3ccc(Cl)cc3Cl)c2C(N)=O)C1. The molecule has 4 nitrogen and oxygen atoms in total. The van der Waals surface area contributed by atoms with Crippen molar-refractivity contribution in [3.63, 3.8) is 0 Å². The summed E-state index contributed by atoms with van der Waals surface area (Å²) in [5, 5.41) is 4.36. The molecule has 1 aromatic carbocycles. The second-order valence-electron chi connectivity index (χ2n) is 8.34. The van der Waals surface area contributed by atoms with Crippen LogP contribution in [0.2, 0.25) is 10.0 Å². The molecule has 0 spiro atoms. The topological polar surface area (TPSA) is 72.2 Å². The van der Waals surface area contributed by atoms with E-state index in [0.29, 0.717) is 32.1 Å². The zero-order chi connectivity index (χ0) is 22.1. The molecule has 0 bridgehead atoms. The summed E-state index contributed by atoms with van der Waals surface area (Å²) in [4.78, 5) is 25.8. The highest BCUT2D eigenvalue weighted by molar-refractivity contribution is 7.17. The van der Waals surface area contributed by atoms with Crippen LogP contribution in [0, 0.1) is 11.3 Å². The van der Waals surface area contributed by atoms with Crippen LogP contribution in [-0.4, -0.2) is 11.8 Å². The number of carbonyl (C=O) groups excluding carboxylic acids is 2. The van der Waals surface area contributed by atoms with Gasteiger partial charge >= 0.3 is 0 Å². The third-order valence-electron chi connectivity index (χ3n) is 6.14. The molecular weight excluding hydrogens is 439 g/mol. The van der Waals surface area contributed by atoms with Gasteiger partial charge in [-0.15, -0.1) is 11.3 Å². The lowest BCUT2D eigenvalue weighted by molar-refractivity contribution is -0.111. The molecule has 2 aromatic rings. The summed E-state index contributed by atoms with van der Waals surface area (Å²) in [5.41, 5.74) is 8.04. The van der Waals surface area contributed by atoms with E-state index in [-0.39, 0.29) is 11.3 Å². The van der Waals surface area contributed by atoms with Gasteiger partial charge in [-0.05, 0) is 59.9 Å². The lowest BCUT2D eigenvalue weighted by Crippen LogP contribution is -2.29. The van der Waals surface area contributed by atoms with Crippen LogP contribution < -0.4 is 11.1 Å². The van der Waals surface area contributed by atoms with Crippen LogP contribution in [0.5, 0.6) is 0 Å². The van der Waals surface area contributed by atoms with Gasteiger partial charge in [0.25, 0.3) is 5.91 Å². The molecule has 0 aliphatic heterocycles. The van der Waals surface area contributed by atoms with Crippen LogP contribution in [0.4, 0.5) is 5.00 Å². The summed E-state index contributed by atoms with van der Waals surface area (Å²) in [6.07, 6.45) is 6.85. The van der Waals surface area contributed by atoms with E-state index >= 15 is 0 Å². The number of hydrogen-bond acceptors (Lipinski definition) is 3. The lowest BCUT2D eigenvalue weighted by Gasteiger charge is -2.36. The molecule has 2 amide bonds. The number of carbonyl (C=O) groups is 2. The number of fused-ring (bicyclic) bond motifs is 1. The fraction of sp³-hybridized carbons (Fsp3) is 0.391. The van der Waals surface area contributed by atoms with E-state index < -0.39 is 5.91 Å². The Hall–Kier alpha value is -1.82. The van der Waals surface area contributed by atoms with Gasteiger partial charge in [0.05, 0.1) is 5.56 Å². The molecule has 1 atom stereocenters. The molecular formula is C23H26Cl2N2O2S. The smallest absolute Gasteiger partial charge is 0.251 e. The van der Waals surface area contributed by atoms with Gasteiger partial charge in [-0.1, -0.05) is 56.5 Å².